The highest BCUT2D eigenvalue weighted by atomic mass is 32.1. The van der Waals surface area contributed by atoms with Crippen LogP contribution in [0.5, 0.6) is 0 Å². The highest BCUT2D eigenvalue weighted by molar-refractivity contribution is 7.71. The van der Waals surface area contributed by atoms with Gasteiger partial charge in [0.05, 0.1) is 6.67 Å². The number of hydrogen-bond acceptors (Lipinski definition) is 4. The third-order valence-electron chi connectivity index (χ3n) is 4.49. The number of halogens is 1. The zero-order valence-electron chi connectivity index (χ0n) is 14.8. The summed E-state index contributed by atoms with van der Waals surface area (Å²) in [6.07, 6.45) is 9.83. The molecule has 7 heteroatoms. The number of pyridine rings is 1. The Morgan fingerprint density at radius 3 is 2.74 bits per heavy atom. The van der Waals surface area contributed by atoms with Crippen LogP contribution in [0.4, 0.5) is 4.39 Å². The van der Waals surface area contributed by atoms with Crippen molar-refractivity contribution in [3.05, 3.63) is 76.3 Å². The molecule has 0 unspecified atom stereocenters. The van der Waals surface area contributed by atoms with Crippen LogP contribution in [-0.4, -0.2) is 30.7 Å². The van der Waals surface area contributed by atoms with Gasteiger partial charge in [0.25, 0.3) is 0 Å². The van der Waals surface area contributed by atoms with Crippen molar-refractivity contribution >= 4 is 24.4 Å². The van der Waals surface area contributed by atoms with Gasteiger partial charge in [0.1, 0.15) is 11.6 Å². The van der Waals surface area contributed by atoms with Crippen LogP contribution in [0, 0.1) is 10.6 Å². The third kappa shape index (κ3) is 4.75. The molecule has 0 spiro atoms. The van der Waals surface area contributed by atoms with Crippen LogP contribution in [0.1, 0.15) is 29.8 Å². The minimum absolute atomic E-state index is 0.246. The van der Waals surface area contributed by atoms with E-state index in [0.717, 1.165) is 12.1 Å². The van der Waals surface area contributed by atoms with Crippen molar-refractivity contribution in [2.45, 2.75) is 32.1 Å². The third-order valence-corrected chi connectivity index (χ3v) is 4.81. The van der Waals surface area contributed by atoms with E-state index < -0.39 is 0 Å². The first-order valence-corrected chi connectivity index (χ1v) is 9.32. The van der Waals surface area contributed by atoms with Gasteiger partial charge >= 0.3 is 0 Å². The highest BCUT2D eigenvalue weighted by Gasteiger charge is 2.29. The number of aromatic amines is 1. The first kappa shape index (κ1) is 17.8. The number of aromatic nitrogens is 4. The Labute approximate surface area is 162 Å². The summed E-state index contributed by atoms with van der Waals surface area (Å²) in [6.45, 7) is 1.50. The van der Waals surface area contributed by atoms with Crippen LogP contribution < -0.4 is 0 Å². The Morgan fingerprint density at radius 1 is 1.22 bits per heavy atom. The average molecular weight is 381 g/mol. The summed E-state index contributed by atoms with van der Waals surface area (Å²) < 4.78 is 15.4. The van der Waals surface area contributed by atoms with Crippen molar-refractivity contribution in [2.75, 3.05) is 0 Å². The first-order chi connectivity index (χ1) is 13.2. The smallest absolute Gasteiger partial charge is 0.217 e. The Morgan fingerprint density at radius 2 is 2.04 bits per heavy atom. The first-order valence-electron chi connectivity index (χ1n) is 8.91. The second kappa shape index (κ2) is 7.94. The lowest BCUT2D eigenvalue weighted by atomic mass is 10.2. The molecule has 1 saturated carbocycles. The number of H-pyrrole nitrogens is 1. The molecule has 1 aromatic carbocycles. The molecule has 2 aromatic heterocycles. The summed E-state index contributed by atoms with van der Waals surface area (Å²) >= 11 is 5.41. The summed E-state index contributed by atoms with van der Waals surface area (Å²) in [4.78, 5) is 11.0. The molecule has 5 nitrogen and oxygen atoms in total. The lowest BCUT2D eigenvalue weighted by Crippen LogP contribution is -2.29. The summed E-state index contributed by atoms with van der Waals surface area (Å²) in [5.74, 6) is 0.436. The van der Waals surface area contributed by atoms with E-state index in [4.69, 9.17) is 12.2 Å². The van der Waals surface area contributed by atoms with Gasteiger partial charge in [0.15, 0.2) is 0 Å². The predicted molar refractivity (Wildman–Crippen MR) is 106 cm³/mol. The summed E-state index contributed by atoms with van der Waals surface area (Å²) in [5, 5.41) is 3.25. The molecule has 0 radical (unpaired) electrons. The highest BCUT2D eigenvalue weighted by Crippen LogP contribution is 2.28. The van der Waals surface area contributed by atoms with E-state index in [1.54, 1.807) is 18.3 Å². The number of benzene rings is 1. The van der Waals surface area contributed by atoms with Crippen LogP contribution >= 0.6 is 12.2 Å². The molecule has 1 N–H and O–H groups in total. The summed E-state index contributed by atoms with van der Waals surface area (Å²) in [7, 11) is 0. The van der Waals surface area contributed by atoms with Gasteiger partial charge in [0, 0.05) is 25.0 Å². The molecule has 27 heavy (non-hydrogen) atoms. The fourth-order valence-corrected chi connectivity index (χ4v) is 3.14. The molecule has 1 aliphatic carbocycles. The maximum absolute atomic E-state index is 13.0. The van der Waals surface area contributed by atoms with Gasteiger partial charge in [-0.3, -0.25) is 15.0 Å². The molecule has 0 bridgehead atoms. The standard InChI is InChI=1S/C20H20FN5S/c21-17-6-3-15(4-7-17)5-10-19-23-20(27)26(24-19)14-25(18-8-9-18)13-16-2-1-11-22-12-16/h1-7,10-12,18H,8-9,13-14H2,(H,23,24,27)/b10-5+. The molecule has 3 aromatic rings. The minimum atomic E-state index is -0.246. The Balaban J connectivity index is 1.47. The van der Waals surface area contributed by atoms with E-state index in [2.05, 4.69) is 26.0 Å². The van der Waals surface area contributed by atoms with Crippen LogP contribution in [0.3, 0.4) is 0 Å². The number of nitrogens with one attached hydrogen (secondary N) is 1. The Kier molecular flexibility index (Phi) is 5.22. The largest absolute Gasteiger partial charge is 0.278 e. The fraction of sp³-hybridized carbons (Fsp3) is 0.250. The van der Waals surface area contributed by atoms with Crippen LogP contribution in [0.15, 0.2) is 48.8 Å². The molecular formula is C20H20FN5S. The Bertz CT molecular complexity index is 974. The zero-order valence-corrected chi connectivity index (χ0v) is 15.6. The molecule has 1 aliphatic rings. The van der Waals surface area contributed by atoms with Gasteiger partial charge in [-0.15, -0.1) is 0 Å². The van der Waals surface area contributed by atoms with Crippen molar-refractivity contribution in [1.29, 1.82) is 0 Å². The second-order valence-corrected chi connectivity index (χ2v) is 7.05. The van der Waals surface area contributed by atoms with Crippen molar-refractivity contribution in [3.63, 3.8) is 0 Å². The van der Waals surface area contributed by atoms with E-state index in [1.165, 1.54) is 30.5 Å². The van der Waals surface area contributed by atoms with Crippen LogP contribution in [-0.2, 0) is 13.2 Å². The van der Waals surface area contributed by atoms with Gasteiger partial charge < -0.3 is 0 Å². The minimum Gasteiger partial charge on any atom is -0.278 e. The fourth-order valence-electron chi connectivity index (χ4n) is 2.94. The number of rotatable bonds is 7. The van der Waals surface area contributed by atoms with Gasteiger partial charge in [0.2, 0.25) is 4.77 Å². The Hall–Kier alpha value is -2.64. The predicted octanol–water partition coefficient (Wildman–Crippen LogP) is 4.27. The molecule has 0 amide bonds. The molecule has 2 heterocycles. The SMILES string of the molecule is Fc1ccc(/C=C/c2nc(=S)n(CN(Cc3cccnc3)C3CC3)[nH]2)cc1. The molecule has 1 fully saturated rings. The summed E-state index contributed by atoms with van der Waals surface area (Å²) in [5.41, 5.74) is 2.09. The van der Waals surface area contributed by atoms with Crippen LogP contribution in [0.25, 0.3) is 12.2 Å². The molecule has 138 valence electrons. The molecular weight excluding hydrogens is 361 g/mol. The maximum atomic E-state index is 13.0. The van der Waals surface area contributed by atoms with E-state index >= 15 is 0 Å². The normalized spacial score (nSPS) is 14.3. The molecule has 0 saturated heterocycles. The van der Waals surface area contributed by atoms with E-state index in [0.29, 0.717) is 23.3 Å². The molecule has 0 atom stereocenters. The van der Waals surface area contributed by atoms with E-state index in [1.807, 2.05) is 29.1 Å². The van der Waals surface area contributed by atoms with Gasteiger partial charge in [-0.2, -0.15) is 4.98 Å². The summed E-state index contributed by atoms with van der Waals surface area (Å²) in [6, 6.07) is 10.9. The number of nitrogens with zero attached hydrogens (tertiary/aromatic N) is 4. The van der Waals surface area contributed by atoms with E-state index in [9.17, 15) is 4.39 Å². The lowest BCUT2D eigenvalue weighted by molar-refractivity contribution is 0.186. The second-order valence-electron chi connectivity index (χ2n) is 6.69. The number of hydrogen-bond donors (Lipinski definition) is 1. The van der Waals surface area contributed by atoms with Gasteiger partial charge in [-0.05, 0) is 60.5 Å². The van der Waals surface area contributed by atoms with Crippen molar-refractivity contribution < 1.29 is 4.39 Å². The molecule has 4 rings (SSSR count). The van der Waals surface area contributed by atoms with Gasteiger partial charge in [-0.25, -0.2) is 9.07 Å². The molecule has 0 aliphatic heterocycles. The topological polar surface area (TPSA) is 49.7 Å². The van der Waals surface area contributed by atoms with Crippen molar-refractivity contribution in [3.8, 4) is 0 Å². The maximum Gasteiger partial charge on any atom is 0.217 e. The quantitative estimate of drug-likeness (QED) is 0.621. The lowest BCUT2D eigenvalue weighted by Gasteiger charge is -2.21. The van der Waals surface area contributed by atoms with E-state index in [-0.39, 0.29) is 5.82 Å². The van der Waals surface area contributed by atoms with Gasteiger partial charge in [-0.1, -0.05) is 24.3 Å². The van der Waals surface area contributed by atoms with Crippen LogP contribution in [0.2, 0.25) is 0 Å². The average Bonchev–Trinajstić information content (AvgIpc) is 3.46. The van der Waals surface area contributed by atoms with Crippen molar-refractivity contribution in [2.24, 2.45) is 0 Å². The monoisotopic (exact) mass is 381 g/mol. The zero-order chi connectivity index (χ0) is 18.6. The van der Waals surface area contributed by atoms with Crippen molar-refractivity contribution in [1.82, 2.24) is 24.6 Å².